The fourth-order valence-corrected chi connectivity index (χ4v) is 13.4. The van der Waals surface area contributed by atoms with Gasteiger partial charge in [0.05, 0.1) is 12.2 Å². The SMILES string of the molecule is C[C@@]12C=CC[C@H]1[C@@H]1CCC3CC(O)CC[C@]3(C)[C@H]1CC2.C[C@]12CC[C@@H](O)C[C@@H]1CC[C@@H]1[C@@H]2CC[C@]2(C)C=CC[C@@H]12. The highest BCUT2D eigenvalue weighted by atomic mass is 16.3. The Morgan fingerprint density at radius 1 is 0.500 bits per heavy atom. The lowest BCUT2D eigenvalue weighted by atomic mass is 9.45. The zero-order valence-electron chi connectivity index (χ0n) is 26.3. The summed E-state index contributed by atoms with van der Waals surface area (Å²) >= 11 is 0. The lowest BCUT2D eigenvalue weighted by Crippen LogP contribution is -2.53. The highest BCUT2D eigenvalue weighted by Crippen LogP contribution is 2.66. The van der Waals surface area contributed by atoms with Gasteiger partial charge >= 0.3 is 0 Å². The zero-order chi connectivity index (χ0) is 27.9. The van der Waals surface area contributed by atoms with Crippen molar-refractivity contribution in [3.8, 4) is 0 Å². The van der Waals surface area contributed by atoms with E-state index in [1.807, 2.05) is 0 Å². The molecule has 2 heteroatoms. The van der Waals surface area contributed by atoms with E-state index in [0.717, 1.165) is 73.0 Å². The third-order valence-corrected chi connectivity index (χ3v) is 15.9. The monoisotopic (exact) mass is 548 g/mol. The smallest absolute Gasteiger partial charge is 0.0543 e. The number of aliphatic hydroxyl groups is 2. The molecule has 0 amide bonds. The van der Waals surface area contributed by atoms with Crippen molar-refractivity contribution in [2.24, 2.45) is 69.0 Å². The molecule has 2 nitrogen and oxygen atoms in total. The molecular formula is C38H60O2. The van der Waals surface area contributed by atoms with Crippen molar-refractivity contribution in [3.63, 3.8) is 0 Å². The van der Waals surface area contributed by atoms with E-state index >= 15 is 0 Å². The summed E-state index contributed by atoms with van der Waals surface area (Å²) in [6.07, 6.45) is 30.8. The second kappa shape index (κ2) is 9.97. The first-order chi connectivity index (χ1) is 19.1. The molecule has 6 saturated carbocycles. The van der Waals surface area contributed by atoms with Gasteiger partial charge in [0.15, 0.2) is 0 Å². The molecule has 8 aliphatic carbocycles. The van der Waals surface area contributed by atoms with Crippen LogP contribution in [0.15, 0.2) is 24.3 Å². The molecule has 0 bridgehead atoms. The normalized spacial score (nSPS) is 57.9. The van der Waals surface area contributed by atoms with Crippen LogP contribution in [0.4, 0.5) is 0 Å². The van der Waals surface area contributed by atoms with Crippen molar-refractivity contribution in [1.82, 2.24) is 0 Å². The Kier molecular flexibility index (Phi) is 7.03. The molecule has 0 aromatic rings. The van der Waals surface area contributed by atoms with Gasteiger partial charge in [-0.3, -0.25) is 0 Å². The number of allylic oxidation sites excluding steroid dienone is 4. The molecule has 8 rings (SSSR count). The maximum atomic E-state index is 10.0. The Bertz CT molecular complexity index is 935. The first-order valence-electron chi connectivity index (χ1n) is 17.8. The van der Waals surface area contributed by atoms with Crippen molar-refractivity contribution in [2.75, 3.05) is 0 Å². The van der Waals surface area contributed by atoms with Crippen molar-refractivity contribution in [2.45, 2.75) is 143 Å². The summed E-state index contributed by atoms with van der Waals surface area (Å²) < 4.78 is 0. The van der Waals surface area contributed by atoms with Crippen molar-refractivity contribution < 1.29 is 10.2 Å². The summed E-state index contributed by atoms with van der Waals surface area (Å²) in [6, 6.07) is 0. The predicted molar refractivity (Wildman–Crippen MR) is 165 cm³/mol. The van der Waals surface area contributed by atoms with E-state index in [1.165, 1.54) is 77.0 Å². The summed E-state index contributed by atoms with van der Waals surface area (Å²) in [5.74, 6) is 7.23. The van der Waals surface area contributed by atoms with Gasteiger partial charge in [-0.2, -0.15) is 0 Å². The third-order valence-electron chi connectivity index (χ3n) is 15.9. The quantitative estimate of drug-likeness (QED) is 0.296. The fourth-order valence-electron chi connectivity index (χ4n) is 13.4. The van der Waals surface area contributed by atoms with E-state index in [2.05, 4.69) is 52.0 Å². The molecule has 0 spiro atoms. The number of fused-ring (bicyclic) bond motifs is 10. The van der Waals surface area contributed by atoms with Gasteiger partial charge in [-0.15, -0.1) is 0 Å². The van der Waals surface area contributed by atoms with E-state index in [4.69, 9.17) is 0 Å². The lowest BCUT2D eigenvalue weighted by Gasteiger charge is -2.60. The van der Waals surface area contributed by atoms with E-state index < -0.39 is 0 Å². The van der Waals surface area contributed by atoms with E-state index in [9.17, 15) is 10.2 Å². The molecule has 0 heterocycles. The second-order valence-corrected chi connectivity index (χ2v) is 17.5. The van der Waals surface area contributed by atoms with Gasteiger partial charge in [-0.05, 0) is 172 Å². The summed E-state index contributed by atoms with van der Waals surface area (Å²) in [6.45, 7) is 10.2. The van der Waals surface area contributed by atoms with E-state index in [-0.39, 0.29) is 12.2 Å². The van der Waals surface area contributed by atoms with Crippen molar-refractivity contribution in [1.29, 1.82) is 0 Å². The fraction of sp³-hybridized carbons (Fsp3) is 0.895. The number of aliphatic hydroxyl groups excluding tert-OH is 2. The van der Waals surface area contributed by atoms with Gasteiger partial charge in [0.2, 0.25) is 0 Å². The standard InChI is InChI=1S/2C19H30O/c2*1-18-9-3-4-16(18)15-6-5-13-12-14(20)7-11-19(13,2)17(15)8-10-18/h2*3,9,13-17,20H,4-8,10-12H2,1-2H3/t13?,14?,15-,16-,17-,18-,19-;13-,14+,15-,16-,17-,18-,19-/m00/s1. The first kappa shape index (κ1) is 28.2. The Labute approximate surface area is 245 Å². The molecule has 2 N–H and O–H groups in total. The van der Waals surface area contributed by atoms with Crippen LogP contribution >= 0.6 is 0 Å². The average Bonchev–Trinajstić information content (AvgIpc) is 3.52. The van der Waals surface area contributed by atoms with E-state index in [0.29, 0.717) is 21.7 Å². The first-order valence-corrected chi connectivity index (χ1v) is 17.8. The molecule has 2 unspecified atom stereocenters. The summed E-state index contributed by atoms with van der Waals surface area (Å²) in [5.41, 5.74) is 2.09. The Morgan fingerprint density at radius 3 is 1.35 bits per heavy atom. The molecular weight excluding hydrogens is 488 g/mol. The molecule has 0 saturated heterocycles. The minimum absolute atomic E-state index is 0.00775. The number of rotatable bonds is 0. The summed E-state index contributed by atoms with van der Waals surface area (Å²) in [5, 5.41) is 20.1. The van der Waals surface area contributed by atoms with Crippen LogP contribution in [0, 0.1) is 69.0 Å². The Hall–Kier alpha value is -0.600. The molecule has 0 aromatic heterocycles. The Balaban J connectivity index is 0.000000132. The van der Waals surface area contributed by atoms with Gasteiger partial charge in [-0.1, -0.05) is 52.0 Å². The van der Waals surface area contributed by atoms with Crippen LogP contribution < -0.4 is 0 Å². The van der Waals surface area contributed by atoms with Gasteiger partial charge in [0.1, 0.15) is 0 Å². The topological polar surface area (TPSA) is 40.5 Å². The lowest BCUT2D eigenvalue weighted by molar-refractivity contribution is -0.116. The van der Waals surface area contributed by atoms with Crippen molar-refractivity contribution >= 4 is 0 Å². The molecule has 0 aromatic carbocycles. The van der Waals surface area contributed by atoms with Gasteiger partial charge in [0, 0.05) is 0 Å². The highest BCUT2D eigenvalue weighted by molar-refractivity contribution is 5.17. The van der Waals surface area contributed by atoms with Gasteiger partial charge < -0.3 is 10.2 Å². The van der Waals surface area contributed by atoms with Crippen molar-refractivity contribution in [3.05, 3.63) is 24.3 Å². The average molecular weight is 549 g/mol. The molecule has 14 atom stereocenters. The summed E-state index contributed by atoms with van der Waals surface area (Å²) in [4.78, 5) is 0. The van der Waals surface area contributed by atoms with Gasteiger partial charge in [-0.25, -0.2) is 0 Å². The maximum absolute atomic E-state index is 10.0. The largest absolute Gasteiger partial charge is 0.393 e. The maximum Gasteiger partial charge on any atom is 0.0543 e. The van der Waals surface area contributed by atoms with Crippen LogP contribution in [0.1, 0.15) is 130 Å². The van der Waals surface area contributed by atoms with Crippen LogP contribution in [0.5, 0.6) is 0 Å². The third kappa shape index (κ3) is 4.30. The molecule has 8 aliphatic rings. The summed E-state index contributed by atoms with van der Waals surface area (Å²) in [7, 11) is 0. The van der Waals surface area contributed by atoms with Crippen LogP contribution in [0.2, 0.25) is 0 Å². The molecule has 6 fully saturated rings. The Morgan fingerprint density at radius 2 is 0.925 bits per heavy atom. The van der Waals surface area contributed by atoms with Crippen LogP contribution in [0.3, 0.4) is 0 Å². The van der Waals surface area contributed by atoms with Gasteiger partial charge in [0.25, 0.3) is 0 Å². The minimum atomic E-state index is -0.00775. The van der Waals surface area contributed by atoms with Crippen LogP contribution in [-0.4, -0.2) is 22.4 Å². The molecule has 40 heavy (non-hydrogen) atoms. The minimum Gasteiger partial charge on any atom is -0.393 e. The molecule has 224 valence electrons. The molecule has 0 aliphatic heterocycles. The number of hydrogen-bond acceptors (Lipinski definition) is 2. The number of hydrogen-bond donors (Lipinski definition) is 2. The zero-order valence-corrected chi connectivity index (χ0v) is 26.3. The van der Waals surface area contributed by atoms with Crippen LogP contribution in [-0.2, 0) is 0 Å². The highest BCUT2D eigenvalue weighted by Gasteiger charge is 2.58. The second-order valence-electron chi connectivity index (χ2n) is 17.5. The predicted octanol–water partition coefficient (Wildman–Crippen LogP) is 9.11. The van der Waals surface area contributed by atoms with Crippen LogP contribution in [0.25, 0.3) is 0 Å². The van der Waals surface area contributed by atoms with E-state index in [1.54, 1.807) is 0 Å². The molecule has 0 radical (unpaired) electrons.